The van der Waals surface area contributed by atoms with Gasteiger partial charge in [-0.05, 0) is 18.2 Å². The zero-order chi connectivity index (χ0) is 19.0. The van der Waals surface area contributed by atoms with Crippen molar-refractivity contribution in [1.29, 1.82) is 0 Å². The molecule has 1 aliphatic heterocycles. The summed E-state index contributed by atoms with van der Waals surface area (Å²) in [6.07, 6.45) is -0.374. The predicted octanol–water partition coefficient (Wildman–Crippen LogP) is 3.31. The Morgan fingerprint density at radius 2 is 1.96 bits per heavy atom. The van der Waals surface area contributed by atoms with Gasteiger partial charge in [0.2, 0.25) is 5.91 Å². The van der Waals surface area contributed by atoms with Crippen molar-refractivity contribution in [2.75, 3.05) is 31.1 Å². The summed E-state index contributed by atoms with van der Waals surface area (Å²) in [6, 6.07) is 5.32. The van der Waals surface area contributed by atoms with E-state index in [4.69, 9.17) is 0 Å². The Balaban J connectivity index is 1.37. The minimum Gasteiger partial charge on any atom is -0.368 e. The summed E-state index contributed by atoms with van der Waals surface area (Å²) in [5.41, 5.74) is 0.608. The van der Waals surface area contributed by atoms with Gasteiger partial charge in [-0.3, -0.25) is 9.20 Å². The van der Waals surface area contributed by atoms with Crippen molar-refractivity contribution in [3.05, 3.63) is 53.3 Å². The van der Waals surface area contributed by atoms with Gasteiger partial charge < -0.3 is 9.80 Å². The number of rotatable bonds is 3. The Hall–Kier alpha value is -2.55. The van der Waals surface area contributed by atoms with Crippen LogP contribution in [0.3, 0.4) is 0 Å². The molecule has 0 aliphatic carbocycles. The van der Waals surface area contributed by atoms with Gasteiger partial charge in [-0.15, -0.1) is 11.3 Å². The number of hydrogen-bond acceptors (Lipinski definition) is 4. The quantitative estimate of drug-likeness (QED) is 0.685. The van der Waals surface area contributed by atoms with Crippen molar-refractivity contribution in [2.24, 2.45) is 0 Å². The lowest BCUT2D eigenvalue weighted by Gasteiger charge is -2.36. The van der Waals surface area contributed by atoms with Gasteiger partial charge in [-0.2, -0.15) is 13.2 Å². The van der Waals surface area contributed by atoms with Gasteiger partial charge >= 0.3 is 6.18 Å². The lowest BCUT2D eigenvalue weighted by Crippen LogP contribution is -2.49. The first-order chi connectivity index (χ1) is 12.9. The predicted molar refractivity (Wildman–Crippen MR) is 97.0 cm³/mol. The van der Waals surface area contributed by atoms with Crippen LogP contribution in [0.25, 0.3) is 4.96 Å². The van der Waals surface area contributed by atoms with Crippen LogP contribution in [0.2, 0.25) is 0 Å². The molecule has 0 spiro atoms. The molecule has 1 saturated heterocycles. The number of aromatic nitrogens is 2. The number of benzene rings is 1. The molecule has 27 heavy (non-hydrogen) atoms. The van der Waals surface area contributed by atoms with Crippen molar-refractivity contribution >= 4 is 27.9 Å². The van der Waals surface area contributed by atoms with Gasteiger partial charge in [0.25, 0.3) is 0 Å². The van der Waals surface area contributed by atoms with Crippen LogP contribution in [-0.4, -0.2) is 46.4 Å². The molecule has 0 saturated carbocycles. The summed E-state index contributed by atoms with van der Waals surface area (Å²) in [5, 5.41) is 1.93. The molecule has 142 valence electrons. The second-order valence-corrected chi connectivity index (χ2v) is 7.29. The van der Waals surface area contributed by atoms with Crippen LogP contribution in [0.1, 0.15) is 11.3 Å². The van der Waals surface area contributed by atoms with Crippen molar-refractivity contribution in [3.63, 3.8) is 0 Å². The number of amides is 1. The number of alkyl halides is 3. The molecule has 0 bridgehead atoms. The SMILES string of the molecule is O=C(Cc1cn2ccsc2n1)N1CCN(c2cccc(C(F)(F)F)c2)CC1. The number of imidazole rings is 1. The van der Waals surface area contributed by atoms with Gasteiger partial charge in [0, 0.05) is 49.6 Å². The topological polar surface area (TPSA) is 40.9 Å². The number of nitrogens with zero attached hydrogens (tertiary/aromatic N) is 4. The molecule has 0 N–H and O–H groups in total. The molecule has 3 aromatic rings. The Morgan fingerprint density at radius 3 is 2.67 bits per heavy atom. The van der Waals surface area contributed by atoms with E-state index in [1.807, 2.05) is 27.1 Å². The van der Waals surface area contributed by atoms with Crippen molar-refractivity contribution < 1.29 is 18.0 Å². The lowest BCUT2D eigenvalue weighted by molar-refractivity contribution is -0.137. The van der Waals surface area contributed by atoms with Crippen LogP contribution in [0.5, 0.6) is 0 Å². The molecule has 1 aliphatic rings. The fourth-order valence-electron chi connectivity index (χ4n) is 3.22. The van der Waals surface area contributed by atoms with Crippen LogP contribution in [0, 0.1) is 0 Å². The van der Waals surface area contributed by atoms with Crippen molar-refractivity contribution in [1.82, 2.24) is 14.3 Å². The third-order valence-corrected chi connectivity index (χ3v) is 5.42. The van der Waals surface area contributed by atoms with Crippen LogP contribution >= 0.6 is 11.3 Å². The van der Waals surface area contributed by atoms with E-state index in [2.05, 4.69) is 4.98 Å². The zero-order valence-corrected chi connectivity index (χ0v) is 15.1. The van der Waals surface area contributed by atoms with Crippen LogP contribution < -0.4 is 4.90 Å². The Morgan fingerprint density at radius 1 is 1.19 bits per heavy atom. The van der Waals surface area contributed by atoms with E-state index in [-0.39, 0.29) is 12.3 Å². The molecule has 9 heteroatoms. The molecule has 4 rings (SSSR count). The van der Waals surface area contributed by atoms with Gasteiger partial charge in [-0.1, -0.05) is 6.07 Å². The van der Waals surface area contributed by atoms with Crippen molar-refractivity contribution in [2.45, 2.75) is 12.6 Å². The third-order valence-electron chi connectivity index (χ3n) is 4.65. The standard InChI is InChI=1S/C18H17F3N4OS/c19-18(20,21)13-2-1-3-15(10-13)23-4-6-24(7-5-23)16(26)11-14-12-25-8-9-27-17(25)22-14/h1-3,8-10,12H,4-7,11H2. The number of thiazole rings is 1. The first-order valence-corrected chi connectivity index (χ1v) is 9.39. The highest BCUT2D eigenvalue weighted by molar-refractivity contribution is 7.15. The zero-order valence-electron chi connectivity index (χ0n) is 14.3. The molecule has 1 aromatic carbocycles. The lowest BCUT2D eigenvalue weighted by atomic mass is 10.1. The van der Waals surface area contributed by atoms with E-state index in [9.17, 15) is 18.0 Å². The van der Waals surface area contributed by atoms with Gasteiger partial charge in [0.05, 0.1) is 17.7 Å². The fraction of sp³-hybridized carbons (Fsp3) is 0.333. The van der Waals surface area contributed by atoms with E-state index < -0.39 is 11.7 Å². The number of anilines is 1. The summed E-state index contributed by atoms with van der Waals surface area (Å²) >= 11 is 1.51. The normalized spacial score (nSPS) is 15.5. The maximum absolute atomic E-state index is 12.9. The van der Waals surface area contributed by atoms with Gasteiger partial charge in [0.15, 0.2) is 4.96 Å². The molecule has 3 heterocycles. The Bertz CT molecular complexity index is 928. The molecule has 0 radical (unpaired) electrons. The third kappa shape index (κ3) is 3.78. The second kappa shape index (κ2) is 6.88. The van der Waals surface area contributed by atoms with Crippen molar-refractivity contribution in [3.8, 4) is 0 Å². The van der Waals surface area contributed by atoms with E-state index in [1.54, 1.807) is 11.0 Å². The Kier molecular flexibility index (Phi) is 4.55. The highest BCUT2D eigenvalue weighted by Gasteiger charge is 2.31. The maximum Gasteiger partial charge on any atom is 0.416 e. The molecular formula is C18H17F3N4OS. The number of halogens is 3. The van der Waals surface area contributed by atoms with Gasteiger partial charge in [0.1, 0.15) is 0 Å². The summed E-state index contributed by atoms with van der Waals surface area (Å²) in [5.74, 6) is -0.00977. The first kappa shape index (κ1) is 17.8. The molecular weight excluding hydrogens is 377 g/mol. The number of fused-ring (bicyclic) bond motifs is 1. The molecule has 1 amide bonds. The average Bonchev–Trinajstić information content (AvgIpc) is 3.23. The minimum absolute atomic E-state index is 0.00977. The molecule has 0 atom stereocenters. The smallest absolute Gasteiger partial charge is 0.368 e. The largest absolute Gasteiger partial charge is 0.416 e. The second-order valence-electron chi connectivity index (χ2n) is 6.42. The summed E-state index contributed by atoms with van der Waals surface area (Å²) in [4.78, 5) is 21.4. The molecule has 5 nitrogen and oxygen atoms in total. The van der Waals surface area contributed by atoms with E-state index >= 15 is 0 Å². The van der Waals surface area contributed by atoms with Crippen LogP contribution in [0.15, 0.2) is 42.0 Å². The van der Waals surface area contributed by atoms with E-state index in [0.29, 0.717) is 31.9 Å². The summed E-state index contributed by atoms with van der Waals surface area (Å²) < 4.78 is 40.5. The highest BCUT2D eigenvalue weighted by atomic mass is 32.1. The first-order valence-electron chi connectivity index (χ1n) is 8.51. The van der Waals surface area contributed by atoms with Crippen LogP contribution in [-0.2, 0) is 17.4 Å². The molecule has 1 fully saturated rings. The monoisotopic (exact) mass is 394 g/mol. The summed E-state index contributed by atoms with van der Waals surface area (Å²) in [7, 11) is 0. The number of carbonyl (C=O) groups is 1. The van der Waals surface area contributed by atoms with Crippen LogP contribution in [0.4, 0.5) is 18.9 Å². The number of piperazine rings is 1. The highest BCUT2D eigenvalue weighted by Crippen LogP contribution is 2.31. The van der Waals surface area contributed by atoms with E-state index in [1.165, 1.54) is 17.4 Å². The molecule has 2 aromatic heterocycles. The Labute approximate surface area is 157 Å². The average molecular weight is 394 g/mol. The van der Waals surface area contributed by atoms with E-state index in [0.717, 1.165) is 22.8 Å². The summed E-state index contributed by atoms with van der Waals surface area (Å²) in [6.45, 7) is 1.98. The maximum atomic E-state index is 12.9. The van der Waals surface area contributed by atoms with Gasteiger partial charge in [-0.25, -0.2) is 4.98 Å². The molecule has 0 unspecified atom stereocenters. The fourth-order valence-corrected chi connectivity index (χ4v) is 3.94. The number of carbonyl (C=O) groups excluding carboxylic acids is 1. The number of hydrogen-bond donors (Lipinski definition) is 0. The minimum atomic E-state index is -4.36.